The summed E-state index contributed by atoms with van der Waals surface area (Å²) in [6, 6.07) is 4.18. The van der Waals surface area contributed by atoms with Crippen LogP contribution in [0.3, 0.4) is 0 Å². The molecule has 0 aliphatic heterocycles. The van der Waals surface area contributed by atoms with E-state index >= 15 is 0 Å². The van der Waals surface area contributed by atoms with Crippen LogP contribution in [0.1, 0.15) is 59.2 Å². The molecule has 0 bridgehead atoms. The number of hydrogen-bond donors (Lipinski definition) is 1. The van der Waals surface area contributed by atoms with Crippen molar-refractivity contribution < 1.29 is 4.74 Å². The second kappa shape index (κ2) is 7.75. The quantitative estimate of drug-likeness (QED) is 0.821. The van der Waals surface area contributed by atoms with Crippen molar-refractivity contribution >= 4 is 0 Å². The summed E-state index contributed by atoms with van der Waals surface area (Å²) >= 11 is 0. The highest BCUT2D eigenvalue weighted by atomic mass is 16.5. The molecule has 3 heteroatoms. The zero-order valence-corrected chi connectivity index (χ0v) is 13.9. The largest absolute Gasteiger partial charge is 0.372 e. The van der Waals surface area contributed by atoms with Gasteiger partial charge in [0, 0.05) is 18.3 Å². The number of rotatable bonds is 7. The van der Waals surface area contributed by atoms with E-state index in [4.69, 9.17) is 4.74 Å². The molecule has 20 heavy (non-hydrogen) atoms. The Hall–Kier alpha value is -0.930. The standard InChI is InChI=1S/C17H30N2O/c1-13(2)9-14(3)20-12-16-8-7-15(10-18-16)11-19-17(4,5)6/h7-8,10,13-14,19H,9,11-12H2,1-6H3. The first-order chi connectivity index (χ1) is 9.26. The van der Waals surface area contributed by atoms with E-state index < -0.39 is 0 Å². The van der Waals surface area contributed by atoms with Gasteiger partial charge in [-0.1, -0.05) is 19.9 Å². The van der Waals surface area contributed by atoms with E-state index in [9.17, 15) is 0 Å². The van der Waals surface area contributed by atoms with Gasteiger partial charge in [-0.05, 0) is 51.7 Å². The number of pyridine rings is 1. The predicted molar refractivity (Wildman–Crippen MR) is 84.5 cm³/mol. The van der Waals surface area contributed by atoms with Crippen LogP contribution in [0.15, 0.2) is 18.3 Å². The van der Waals surface area contributed by atoms with Crippen LogP contribution in [0, 0.1) is 5.92 Å². The van der Waals surface area contributed by atoms with Gasteiger partial charge in [-0.3, -0.25) is 4.98 Å². The molecule has 1 rings (SSSR count). The van der Waals surface area contributed by atoms with Gasteiger partial charge in [0.25, 0.3) is 0 Å². The third-order valence-corrected chi connectivity index (χ3v) is 3.03. The zero-order valence-electron chi connectivity index (χ0n) is 13.9. The lowest BCUT2D eigenvalue weighted by atomic mass is 10.1. The molecule has 0 aliphatic rings. The third kappa shape index (κ3) is 7.61. The van der Waals surface area contributed by atoms with Crippen molar-refractivity contribution in [1.82, 2.24) is 10.3 Å². The molecule has 1 aromatic rings. The molecule has 1 atom stereocenters. The Balaban J connectivity index is 2.39. The van der Waals surface area contributed by atoms with Crippen LogP contribution in [-0.4, -0.2) is 16.6 Å². The van der Waals surface area contributed by atoms with Crippen LogP contribution < -0.4 is 5.32 Å². The van der Waals surface area contributed by atoms with Crippen molar-refractivity contribution in [3.8, 4) is 0 Å². The molecule has 0 saturated carbocycles. The van der Waals surface area contributed by atoms with Crippen LogP contribution >= 0.6 is 0 Å². The molecule has 0 saturated heterocycles. The molecule has 0 fully saturated rings. The Morgan fingerprint density at radius 2 is 1.90 bits per heavy atom. The minimum Gasteiger partial charge on any atom is -0.372 e. The Kier molecular flexibility index (Phi) is 6.63. The second-order valence-electron chi connectivity index (χ2n) is 7.01. The lowest BCUT2D eigenvalue weighted by Gasteiger charge is -2.20. The van der Waals surface area contributed by atoms with Gasteiger partial charge < -0.3 is 10.1 Å². The number of hydrogen-bond acceptors (Lipinski definition) is 3. The maximum atomic E-state index is 5.81. The number of nitrogens with one attached hydrogen (secondary N) is 1. The van der Waals surface area contributed by atoms with Crippen molar-refractivity contribution in [3.63, 3.8) is 0 Å². The first-order valence-corrected chi connectivity index (χ1v) is 7.56. The molecule has 0 amide bonds. The van der Waals surface area contributed by atoms with E-state index in [0.29, 0.717) is 18.6 Å². The summed E-state index contributed by atoms with van der Waals surface area (Å²) in [5.74, 6) is 0.670. The van der Waals surface area contributed by atoms with Gasteiger partial charge in [0.05, 0.1) is 18.4 Å². The summed E-state index contributed by atoms with van der Waals surface area (Å²) in [5.41, 5.74) is 2.34. The van der Waals surface area contributed by atoms with Crippen molar-refractivity contribution in [2.24, 2.45) is 5.92 Å². The minimum atomic E-state index is 0.133. The molecule has 0 aliphatic carbocycles. The normalized spacial score (nSPS) is 13.8. The van der Waals surface area contributed by atoms with E-state index in [-0.39, 0.29) is 5.54 Å². The average molecular weight is 278 g/mol. The van der Waals surface area contributed by atoms with E-state index in [1.54, 1.807) is 0 Å². The lowest BCUT2D eigenvalue weighted by Crippen LogP contribution is -2.35. The fourth-order valence-corrected chi connectivity index (χ4v) is 1.97. The Morgan fingerprint density at radius 1 is 1.20 bits per heavy atom. The lowest BCUT2D eigenvalue weighted by molar-refractivity contribution is 0.0379. The molecular weight excluding hydrogens is 248 g/mol. The average Bonchev–Trinajstić information content (AvgIpc) is 2.33. The summed E-state index contributed by atoms with van der Waals surface area (Å²) in [5, 5.41) is 3.46. The Morgan fingerprint density at radius 3 is 2.40 bits per heavy atom. The molecule has 0 aromatic carbocycles. The highest BCUT2D eigenvalue weighted by molar-refractivity contribution is 5.13. The summed E-state index contributed by atoms with van der Waals surface area (Å²) < 4.78 is 5.81. The summed E-state index contributed by atoms with van der Waals surface area (Å²) in [6.07, 6.45) is 3.32. The first kappa shape index (κ1) is 17.1. The highest BCUT2D eigenvalue weighted by Crippen LogP contribution is 2.10. The molecule has 1 unspecified atom stereocenters. The van der Waals surface area contributed by atoms with Crippen LogP contribution in [0.5, 0.6) is 0 Å². The Bertz CT molecular complexity index is 379. The maximum Gasteiger partial charge on any atom is 0.0891 e. The molecule has 1 heterocycles. The molecular formula is C17H30N2O. The fourth-order valence-electron chi connectivity index (χ4n) is 1.97. The molecule has 0 spiro atoms. The summed E-state index contributed by atoms with van der Waals surface area (Å²) in [7, 11) is 0. The van der Waals surface area contributed by atoms with E-state index in [1.807, 2.05) is 6.20 Å². The first-order valence-electron chi connectivity index (χ1n) is 7.56. The van der Waals surface area contributed by atoms with Gasteiger partial charge in [-0.2, -0.15) is 0 Å². The smallest absolute Gasteiger partial charge is 0.0891 e. The second-order valence-corrected chi connectivity index (χ2v) is 7.01. The van der Waals surface area contributed by atoms with Gasteiger partial charge >= 0.3 is 0 Å². The van der Waals surface area contributed by atoms with Crippen molar-refractivity contribution in [1.29, 1.82) is 0 Å². The molecule has 0 radical (unpaired) electrons. The van der Waals surface area contributed by atoms with Crippen molar-refractivity contribution in [3.05, 3.63) is 29.6 Å². The topological polar surface area (TPSA) is 34.1 Å². The van der Waals surface area contributed by atoms with Gasteiger partial charge in [0.1, 0.15) is 0 Å². The van der Waals surface area contributed by atoms with Gasteiger partial charge in [-0.15, -0.1) is 0 Å². The van der Waals surface area contributed by atoms with E-state index in [1.165, 1.54) is 5.56 Å². The molecule has 114 valence electrons. The minimum absolute atomic E-state index is 0.133. The van der Waals surface area contributed by atoms with Gasteiger partial charge in [0.15, 0.2) is 0 Å². The number of nitrogens with zero attached hydrogens (tertiary/aromatic N) is 1. The molecule has 3 nitrogen and oxygen atoms in total. The van der Waals surface area contributed by atoms with Crippen LogP contribution in [-0.2, 0) is 17.9 Å². The monoisotopic (exact) mass is 278 g/mol. The van der Waals surface area contributed by atoms with Crippen molar-refractivity contribution in [2.75, 3.05) is 0 Å². The summed E-state index contributed by atoms with van der Waals surface area (Å²) in [6.45, 7) is 14.5. The third-order valence-electron chi connectivity index (χ3n) is 3.03. The fraction of sp³-hybridized carbons (Fsp3) is 0.706. The van der Waals surface area contributed by atoms with E-state index in [0.717, 1.165) is 18.7 Å². The van der Waals surface area contributed by atoms with Crippen LogP contribution in [0.2, 0.25) is 0 Å². The zero-order chi connectivity index (χ0) is 15.2. The van der Waals surface area contributed by atoms with Crippen molar-refractivity contribution in [2.45, 2.75) is 72.8 Å². The summed E-state index contributed by atoms with van der Waals surface area (Å²) in [4.78, 5) is 4.47. The number of ether oxygens (including phenoxy) is 1. The van der Waals surface area contributed by atoms with E-state index in [2.05, 4.69) is 64.0 Å². The predicted octanol–water partition coefficient (Wildman–Crippen LogP) is 3.92. The van der Waals surface area contributed by atoms with Gasteiger partial charge in [-0.25, -0.2) is 0 Å². The van der Waals surface area contributed by atoms with Crippen LogP contribution in [0.25, 0.3) is 0 Å². The van der Waals surface area contributed by atoms with Gasteiger partial charge in [0.2, 0.25) is 0 Å². The Labute approximate surface area is 124 Å². The molecule has 1 N–H and O–H groups in total. The maximum absolute atomic E-state index is 5.81. The number of aromatic nitrogens is 1. The highest BCUT2D eigenvalue weighted by Gasteiger charge is 2.09. The SMILES string of the molecule is CC(C)CC(C)OCc1ccc(CNC(C)(C)C)cn1. The molecule has 1 aromatic heterocycles. The van der Waals surface area contributed by atoms with Crippen LogP contribution in [0.4, 0.5) is 0 Å².